The van der Waals surface area contributed by atoms with Gasteiger partial charge in [-0.05, 0) is 35.7 Å². The Balaban J connectivity index is 2.23. The molecule has 0 fully saturated rings. The SMILES string of the molecule is NCc1ccc(Oc2ccccc2CCO)cc1Br. The number of benzene rings is 2. The molecule has 0 aromatic heterocycles. The molecule has 0 saturated carbocycles. The monoisotopic (exact) mass is 321 g/mol. The predicted octanol–water partition coefficient (Wildman–Crippen LogP) is 3.23. The molecule has 0 saturated heterocycles. The lowest BCUT2D eigenvalue weighted by molar-refractivity contribution is 0.298. The third kappa shape index (κ3) is 3.56. The zero-order valence-electron chi connectivity index (χ0n) is 10.5. The second-order valence-corrected chi connectivity index (χ2v) is 5.00. The molecule has 100 valence electrons. The van der Waals surface area contributed by atoms with E-state index in [1.807, 2.05) is 42.5 Å². The van der Waals surface area contributed by atoms with E-state index in [4.69, 9.17) is 15.6 Å². The fourth-order valence-corrected chi connectivity index (χ4v) is 2.33. The Morgan fingerprint density at radius 1 is 1.11 bits per heavy atom. The van der Waals surface area contributed by atoms with Crippen molar-refractivity contribution in [2.45, 2.75) is 13.0 Å². The fourth-order valence-electron chi connectivity index (χ4n) is 1.81. The highest BCUT2D eigenvalue weighted by Crippen LogP contribution is 2.29. The van der Waals surface area contributed by atoms with Crippen molar-refractivity contribution in [1.29, 1.82) is 0 Å². The molecule has 2 aromatic carbocycles. The molecule has 0 spiro atoms. The molecule has 0 aliphatic rings. The summed E-state index contributed by atoms with van der Waals surface area (Å²) in [7, 11) is 0. The van der Waals surface area contributed by atoms with Gasteiger partial charge in [-0.25, -0.2) is 0 Å². The summed E-state index contributed by atoms with van der Waals surface area (Å²) in [6.07, 6.45) is 0.582. The molecular formula is C15H16BrNO2. The van der Waals surface area contributed by atoms with Crippen LogP contribution in [0.15, 0.2) is 46.9 Å². The van der Waals surface area contributed by atoms with Crippen LogP contribution in [0.5, 0.6) is 11.5 Å². The number of ether oxygens (including phenoxy) is 1. The van der Waals surface area contributed by atoms with Crippen molar-refractivity contribution in [3.05, 3.63) is 58.1 Å². The molecule has 0 aliphatic carbocycles. The van der Waals surface area contributed by atoms with Crippen molar-refractivity contribution in [2.75, 3.05) is 6.61 Å². The van der Waals surface area contributed by atoms with Gasteiger partial charge in [-0.2, -0.15) is 0 Å². The molecule has 0 aliphatic heterocycles. The summed E-state index contributed by atoms with van der Waals surface area (Å²) in [5, 5.41) is 9.05. The van der Waals surface area contributed by atoms with E-state index >= 15 is 0 Å². The number of aliphatic hydroxyl groups is 1. The molecule has 2 aromatic rings. The number of halogens is 1. The molecule has 19 heavy (non-hydrogen) atoms. The first-order valence-electron chi connectivity index (χ1n) is 6.09. The summed E-state index contributed by atoms with van der Waals surface area (Å²) in [4.78, 5) is 0. The summed E-state index contributed by atoms with van der Waals surface area (Å²) in [6, 6.07) is 13.4. The molecule has 0 unspecified atom stereocenters. The summed E-state index contributed by atoms with van der Waals surface area (Å²) in [5.74, 6) is 1.51. The lowest BCUT2D eigenvalue weighted by Crippen LogP contribution is -1.98. The van der Waals surface area contributed by atoms with Crippen LogP contribution in [0.4, 0.5) is 0 Å². The maximum absolute atomic E-state index is 9.05. The fraction of sp³-hybridized carbons (Fsp3) is 0.200. The third-order valence-corrected chi connectivity index (χ3v) is 3.56. The van der Waals surface area contributed by atoms with Crippen LogP contribution in [0, 0.1) is 0 Å². The zero-order valence-corrected chi connectivity index (χ0v) is 12.1. The highest BCUT2D eigenvalue weighted by molar-refractivity contribution is 9.10. The van der Waals surface area contributed by atoms with Crippen molar-refractivity contribution in [2.24, 2.45) is 5.73 Å². The molecule has 3 nitrogen and oxygen atoms in total. The van der Waals surface area contributed by atoms with Gasteiger partial charge >= 0.3 is 0 Å². The molecule has 0 radical (unpaired) electrons. The van der Waals surface area contributed by atoms with Crippen LogP contribution in [0.1, 0.15) is 11.1 Å². The van der Waals surface area contributed by atoms with Crippen LogP contribution in [0.2, 0.25) is 0 Å². The van der Waals surface area contributed by atoms with Crippen LogP contribution in [0.25, 0.3) is 0 Å². The van der Waals surface area contributed by atoms with Gasteiger partial charge in [0.2, 0.25) is 0 Å². The van der Waals surface area contributed by atoms with E-state index in [-0.39, 0.29) is 6.61 Å². The van der Waals surface area contributed by atoms with E-state index < -0.39 is 0 Å². The minimum absolute atomic E-state index is 0.107. The van der Waals surface area contributed by atoms with Gasteiger partial charge in [-0.1, -0.05) is 40.2 Å². The summed E-state index contributed by atoms with van der Waals surface area (Å²) in [6.45, 7) is 0.595. The highest BCUT2D eigenvalue weighted by Gasteiger charge is 2.06. The van der Waals surface area contributed by atoms with E-state index in [1.54, 1.807) is 0 Å². The second-order valence-electron chi connectivity index (χ2n) is 4.14. The quantitative estimate of drug-likeness (QED) is 0.888. The van der Waals surface area contributed by atoms with Crippen molar-refractivity contribution in [3.63, 3.8) is 0 Å². The van der Waals surface area contributed by atoms with Crippen molar-refractivity contribution in [1.82, 2.24) is 0 Å². The van der Waals surface area contributed by atoms with Gasteiger partial charge in [-0.15, -0.1) is 0 Å². The predicted molar refractivity (Wildman–Crippen MR) is 79.3 cm³/mol. The number of para-hydroxylation sites is 1. The van der Waals surface area contributed by atoms with Gasteiger partial charge in [0, 0.05) is 17.6 Å². The lowest BCUT2D eigenvalue weighted by atomic mass is 10.1. The molecule has 0 heterocycles. The number of nitrogens with two attached hydrogens (primary N) is 1. The molecule has 3 N–H and O–H groups in total. The average molecular weight is 322 g/mol. The minimum Gasteiger partial charge on any atom is -0.457 e. The second kappa shape index (κ2) is 6.70. The largest absolute Gasteiger partial charge is 0.457 e. The Labute approximate surface area is 121 Å². The van der Waals surface area contributed by atoms with Crippen molar-refractivity contribution >= 4 is 15.9 Å². The maximum Gasteiger partial charge on any atom is 0.130 e. The van der Waals surface area contributed by atoms with Crippen molar-refractivity contribution in [3.8, 4) is 11.5 Å². The van der Waals surface area contributed by atoms with E-state index in [1.165, 1.54) is 0 Å². The third-order valence-electron chi connectivity index (χ3n) is 2.83. The number of aliphatic hydroxyl groups excluding tert-OH is 1. The Hall–Kier alpha value is -1.36. The van der Waals surface area contributed by atoms with E-state index in [0.29, 0.717) is 13.0 Å². The minimum atomic E-state index is 0.107. The molecule has 0 amide bonds. The van der Waals surface area contributed by atoms with E-state index in [2.05, 4.69) is 15.9 Å². The van der Waals surface area contributed by atoms with Crippen LogP contribution < -0.4 is 10.5 Å². The first-order valence-corrected chi connectivity index (χ1v) is 6.89. The Bertz CT molecular complexity index is 558. The topological polar surface area (TPSA) is 55.5 Å². The van der Waals surface area contributed by atoms with Gasteiger partial charge in [-0.3, -0.25) is 0 Å². The molecule has 0 atom stereocenters. The average Bonchev–Trinajstić information content (AvgIpc) is 2.41. The van der Waals surface area contributed by atoms with Gasteiger partial charge in [0.05, 0.1) is 0 Å². The number of hydrogen-bond donors (Lipinski definition) is 2. The van der Waals surface area contributed by atoms with Gasteiger partial charge < -0.3 is 15.6 Å². The summed E-state index contributed by atoms with van der Waals surface area (Å²) < 4.78 is 6.80. The van der Waals surface area contributed by atoms with Gasteiger partial charge in [0.15, 0.2) is 0 Å². The lowest BCUT2D eigenvalue weighted by Gasteiger charge is -2.11. The highest BCUT2D eigenvalue weighted by atomic mass is 79.9. The number of hydrogen-bond acceptors (Lipinski definition) is 3. The normalized spacial score (nSPS) is 10.5. The Morgan fingerprint density at radius 2 is 1.89 bits per heavy atom. The van der Waals surface area contributed by atoms with E-state index in [0.717, 1.165) is 27.1 Å². The van der Waals surface area contributed by atoms with Crippen LogP contribution in [-0.4, -0.2) is 11.7 Å². The first kappa shape index (κ1) is 14.1. The Kier molecular flexibility index (Phi) is 4.96. The first-order chi connectivity index (χ1) is 9.24. The zero-order chi connectivity index (χ0) is 13.7. The summed E-state index contributed by atoms with van der Waals surface area (Å²) in [5.41, 5.74) is 7.65. The summed E-state index contributed by atoms with van der Waals surface area (Å²) >= 11 is 3.47. The smallest absolute Gasteiger partial charge is 0.130 e. The molecule has 4 heteroatoms. The van der Waals surface area contributed by atoms with Crippen molar-refractivity contribution < 1.29 is 9.84 Å². The Morgan fingerprint density at radius 3 is 2.58 bits per heavy atom. The standard InChI is InChI=1S/C15H16BrNO2/c16-14-9-13(6-5-12(14)10-17)19-15-4-2-1-3-11(15)7-8-18/h1-6,9,18H,7-8,10,17H2. The number of rotatable bonds is 5. The molecular weight excluding hydrogens is 306 g/mol. The van der Waals surface area contributed by atoms with Crippen LogP contribution >= 0.6 is 15.9 Å². The van der Waals surface area contributed by atoms with E-state index in [9.17, 15) is 0 Å². The van der Waals surface area contributed by atoms with Gasteiger partial charge in [0.1, 0.15) is 11.5 Å². The molecule has 2 rings (SSSR count). The van der Waals surface area contributed by atoms with Crippen LogP contribution in [-0.2, 0) is 13.0 Å². The maximum atomic E-state index is 9.05. The van der Waals surface area contributed by atoms with Gasteiger partial charge in [0.25, 0.3) is 0 Å². The molecule has 0 bridgehead atoms. The van der Waals surface area contributed by atoms with Crippen LogP contribution in [0.3, 0.4) is 0 Å².